The van der Waals surface area contributed by atoms with Crippen molar-refractivity contribution in [2.75, 3.05) is 0 Å². The van der Waals surface area contributed by atoms with Crippen molar-refractivity contribution in [3.63, 3.8) is 0 Å². The van der Waals surface area contributed by atoms with Crippen molar-refractivity contribution in [3.05, 3.63) is 73.2 Å². The standard InChI is InChI=1S/C21H17Br2N3O5/c1-2-17(31-18-8-7-12-5-3-4-6-15(12)19(18)23)21(28)25-24-11-13-9-14(26(29)30)10-16(22)20(13)27/h3-11,17,27H,2H2,1H3,(H,25,28). The molecule has 31 heavy (non-hydrogen) atoms. The summed E-state index contributed by atoms with van der Waals surface area (Å²) in [7, 11) is 0. The number of halogens is 2. The number of ether oxygens (including phenoxy) is 1. The van der Waals surface area contributed by atoms with Crippen molar-refractivity contribution in [3.8, 4) is 11.5 Å². The summed E-state index contributed by atoms with van der Waals surface area (Å²) >= 11 is 6.58. The Hall–Kier alpha value is -2.98. The molecule has 2 N–H and O–H groups in total. The van der Waals surface area contributed by atoms with Gasteiger partial charge in [-0.3, -0.25) is 14.9 Å². The lowest BCUT2D eigenvalue weighted by Gasteiger charge is -2.17. The number of carbonyl (C=O) groups is 1. The van der Waals surface area contributed by atoms with E-state index in [4.69, 9.17) is 4.74 Å². The average molecular weight is 551 g/mol. The first-order valence-electron chi connectivity index (χ1n) is 9.15. The van der Waals surface area contributed by atoms with Gasteiger partial charge in [0, 0.05) is 17.7 Å². The number of hydrogen-bond donors (Lipinski definition) is 2. The molecule has 0 fully saturated rings. The monoisotopic (exact) mass is 549 g/mol. The number of nitrogens with zero attached hydrogens (tertiary/aromatic N) is 2. The smallest absolute Gasteiger partial charge is 0.281 e. The molecule has 0 aromatic heterocycles. The topological polar surface area (TPSA) is 114 Å². The third-order valence-electron chi connectivity index (χ3n) is 4.43. The van der Waals surface area contributed by atoms with Crippen molar-refractivity contribution in [1.29, 1.82) is 0 Å². The van der Waals surface area contributed by atoms with E-state index in [-0.39, 0.29) is 21.5 Å². The zero-order chi connectivity index (χ0) is 22.5. The molecule has 0 saturated heterocycles. The average Bonchev–Trinajstić information content (AvgIpc) is 2.76. The van der Waals surface area contributed by atoms with Crippen LogP contribution in [0.4, 0.5) is 5.69 Å². The Labute approximate surface area is 194 Å². The van der Waals surface area contributed by atoms with Crippen molar-refractivity contribution in [1.82, 2.24) is 5.43 Å². The van der Waals surface area contributed by atoms with E-state index in [1.54, 1.807) is 13.0 Å². The Bertz CT molecular complexity index is 1180. The number of aromatic hydroxyl groups is 1. The molecule has 1 amide bonds. The molecule has 1 atom stereocenters. The second-order valence-corrected chi connectivity index (χ2v) is 8.12. The van der Waals surface area contributed by atoms with Gasteiger partial charge in [0.05, 0.1) is 20.1 Å². The number of fused-ring (bicyclic) bond motifs is 1. The number of amides is 1. The number of rotatable bonds is 7. The van der Waals surface area contributed by atoms with Gasteiger partial charge in [-0.1, -0.05) is 37.3 Å². The van der Waals surface area contributed by atoms with Crippen LogP contribution >= 0.6 is 31.9 Å². The van der Waals surface area contributed by atoms with E-state index < -0.39 is 16.9 Å². The first-order chi connectivity index (χ1) is 14.8. The summed E-state index contributed by atoms with van der Waals surface area (Å²) in [4.78, 5) is 22.9. The largest absolute Gasteiger partial charge is 0.506 e. The number of phenols is 1. The van der Waals surface area contributed by atoms with Crippen LogP contribution in [0, 0.1) is 10.1 Å². The summed E-state index contributed by atoms with van der Waals surface area (Å²) in [5, 5.41) is 26.8. The van der Waals surface area contributed by atoms with E-state index in [2.05, 4.69) is 42.4 Å². The van der Waals surface area contributed by atoms with Gasteiger partial charge < -0.3 is 9.84 Å². The Balaban J connectivity index is 1.74. The van der Waals surface area contributed by atoms with E-state index in [1.165, 1.54) is 6.07 Å². The van der Waals surface area contributed by atoms with Gasteiger partial charge in [0.25, 0.3) is 11.6 Å². The minimum atomic E-state index is -0.819. The molecule has 3 aromatic rings. The number of hydrazone groups is 1. The fraction of sp³-hybridized carbons (Fsp3) is 0.143. The second kappa shape index (κ2) is 9.88. The van der Waals surface area contributed by atoms with Gasteiger partial charge in [0.2, 0.25) is 0 Å². The molecule has 8 nitrogen and oxygen atoms in total. The van der Waals surface area contributed by atoms with Crippen LogP contribution in [0.2, 0.25) is 0 Å². The van der Waals surface area contributed by atoms with Gasteiger partial charge in [-0.15, -0.1) is 0 Å². The maximum Gasteiger partial charge on any atom is 0.281 e. The van der Waals surface area contributed by atoms with Crippen LogP contribution in [-0.2, 0) is 4.79 Å². The molecule has 0 radical (unpaired) electrons. The Morgan fingerprint density at radius 1 is 1.29 bits per heavy atom. The van der Waals surface area contributed by atoms with Crippen LogP contribution in [0.25, 0.3) is 10.8 Å². The summed E-state index contributed by atoms with van der Waals surface area (Å²) in [6, 6.07) is 13.8. The molecule has 0 spiro atoms. The molecule has 10 heteroatoms. The molecule has 0 bridgehead atoms. The fourth-order valence-corrected chi connectivity index (χ4v) is 3.88. The molecule has 3 aromatic carbocycles. The van der Waals surface area contributed by atoms with Gasteiger partial charge in [0.15, 0.2) is 6.10 Å². The lowest BCUT2D eigenvalue weighted by Crippen LogP contribution is -2.35. The third-order valence-corrected chi connectivity index (χ3v) is 5.85. The van der Waals surface area contributed by atoms with Crippen molar-refractivity contribution < 1.29 is 19.6 Å². The predicted octanol–water partition coefficient (Wildman–Crippen LogP) is 5.29. The van der Waals surface area contributed by atoms with E-state index in [1.807, 2.05) is 30.3 Å². The zero-order valence-corrected chi connectivity index (χ0v) is 19.4. The van der Waals surface area contributed by atoms with Crippen molar-refractivity contribution in [2.24, 2.45) is 5.10 Å². The van der Waals surface area contributed by atoms with Crippen molar-refractivity contribution >= 4 is 60.4 Å². The third kappa shape index (κ3) is 5.20. The highest BCUT2D eigenvalue weighted by molar-refractivity contribution is 9.11. The molecule has 0 aliphatic rings. The maximum atomic E-state index is 12.5. The highest BCUT2D eigenvalue weighted by Crippen LogP contribution is 2.34. The molecule has 0 aliphatic heterocycles. The Morgan fingerprint density at radius 3 is 2.74 bits per heavy atom. The van der Waals surface area contributed by atoms with Gasteiger partial charge in [-0.25, -0.2) is 5.43 Å². The molecule has 1 unspecified atom stereocenters. The zero-order valence-electron chi connectivity index (χ0n) is 16.2. The minimum Gasteiger partial charge on any atom is -0.506 e. The summed E-state index contributed by atoms with van der Waals surface area (Å²) in [6.07, 6.45) is 0.692. The number of nitro groups is 1. The summed E-state index contributed by atoms with van der Waals surface area (Å²) < 4.78 is 6.77. The first kappa shape index (κ1) is 22.7. The summed E-state index contributed by atoms with van der Waals surface area (Å²) in [5.41, 5.74) is 2.20. The molecular weight excluding hydrogens is 534 g/mol. The molecule has 3 rings (SSSR count). The number of non-ortho nitro benzene ring substituents is 1. The number of nitrogens with one attached hydrogen (secondary N) is 1. The Kier molecular flexibility index (Phi) is 7.24. The second-order valence-electron chi connectivity index (χ2n) is 6.47. The molecule has 0 aliphatic carbocycles. The van der Waals surface area contributed by atoms with Crippen LogP contribution in [0.1, 0.15) is 18.9 Å². The number of phenolic OH excluding ortho intramolecular Hbond substituents is 1. The van der Waals surface area contributed by atoms with Gasteiger partial charge in [-0.05, 0) is 55.1 Å². The SMILES string of the molecule is CCC(Oc1ccc2ccccc2c1Br)C(=O)NN=Cc1cc([N+](=O)[O-])cc(Br)c1O. The fourth-order valence-electron chi connectivity index (χ4n) is 2.83. The molecule has 0 heterocycles. The highest BCUT2D eigenvalue weighted by Gasteiger charge is 2.20. The minimum absolute atomic E-state index is 0.0765. The predicted molar refractivity (Wildman–Crippen MR) is 125 cm³/mol. The van der Waals surface area contributed by atoms with Crippen molar-refractivity contribution in [2.45, 2.75) is 19.4 Å². The van der Waals surface area contributed by atoms with E-state index in [9.17, 15) is 20.0 Å². The number of benzene rings is 3. The molecule has 0 saturated carbocycles. The van der Waals surface area contributed by atoms with Crippen LogP contribution in [0.3, 0.4) is 0 Å². The number of nitro benzene ring substituents is 1. The number of carbonyl (C=O) groups excluding carboxylic acids is 1. The van der Waals surface area contributed by atoms with Crippen LogP contribution < -0.4 is 10.2 Å². The van der Waals surface area contributed by atoms with Gasteiger partial charge in [-0.2, -0.15) is 5.10 Å². The van der Waals surface area contributed by atoms with Crippen LogP contribution in [-0.4, -0.2) is 28.3 Å². The molecular formula is C21H17Br2N3O5. The van der Waals surface area contributed by atoms with E-state index >= 15 is 0 Å². The molecule has 160 valence electrons. The summed E-state index contributed by atoms with van der Waals surface area (Å²) in [5.74, 6) is -0.209. The number of hydrogen-bond acceptors (Lipinski definition) is 6. The van der Waals surface area contributed by atoms with Gasteiger partial charge in [0.1, 0.15) is 11.5 Å². The first-order valence-corrected chi connectivity index (χ1v) is 10.7. The van der Waals surface area contributed by atoms with E-state index in [0.29, 0.717) is 12.2 Å². The van der Waals surface area contributed by atoms with Gasteiger partial charge >= 0.3 is 0 Å². The normalized spacial score (nSPS) is 12.1. The Morgan fingerprint density at radius 2 is 2.03 bits per heavy atom. The maximum absolute atomic E-state index is 12.5. The lowest BCUT2D eigenvalue weighted by atomic mass is 10.1. The highest BCUT2D eigenvalue weighted by atomic mass is 79.9. The summed E-state index contributed by atoms with van der Waals surface area (Å²) in [6.45, 7) is 1.80. The van der Waals surface area contributed by atoms with Crippen LogP contribution in [0.15, 0.2) is 62.6 Å². The van der Waals surface area contributed by atoms with E-state index in [0.717, 1.165) is 27.5 Å². The van der Waals surface area contributed by atoms with Crippen LogP contribution in [0.5, 0.6) is 11.5 Å². The quantitative estimate of drug-likeness (QED) is 0.236. The lowest BCUT2D eigenvalue weighted by molar-refractivity contribution is -0.385.